The third-order valence-electron chi connectivity index (χ3n) is 7.05. The highest BCUT2D eigenvalue weighted by atomic mass is 127. The number of halogens is 2. The van der Waals surface area contributed by atoms with Gasteiger partial charge in [0.05, 0.1) is 5.60 Å². The summed E-state index contributed by atoms with van der Waals surface area (Å²) in [6.07, 6.45) is 4.88. The molecule has 5 heteroatoms. The minimum atomic E-state index is -0.706. The zero-order chi connectivity index (χ0) is 23.5. The standard InChI is InChI=1S/C29H29BrINO2/c30-24-11-12-27-26(25-5-2-1-4-22(25)20-34-28(27)18-24)6-3-15-32-16-13-29(33,14-17-32)23-9-7-21(19-31)8-10-23/h1-2,4-12,18,33H,3,13-17,19-20H2. The normalized spacial score (nSPS) is 18.6. The molecular formula is C29H29BrINO2. The Bertz CT molecular complexity index is 1180. The van der Waals surface area contributed by atoms with Gasteiger partial charge in [0.15, 0.2) is 0 Å². The number of benzene rings is 3. The van der Waals surface area contributed by atoms with Crippen LogP contribution >= 0.6 is 38.5 Å². The molecule has 5 rings (SSSR count). The molecule has 2 heterocycles. The molecule has 0 amide bonds. The Morgan fingerprint density at radius 3 is 2.53 bits per heavy atom. The number of hydrogen-bond donors (Lipinski definition) is 1. The van der Waals surface area contributed by atoms with E-state index in [4.69, 9.17) is 4.74 Å². The Morgan fingerprint density at radius 2 is 1.76 bits per heavy atom. The van der Waals surface area contributed by atoms with Gasteiger partial charge in [-0.25, -0.2) is 0 Å². The van der Waals surface area contributed by atoms with Crippen molar-refractivity contribution in [2.75, 3.05) is 19.6 Å². The van der Waals surface area contributed by atoms with Crippen LogP contribution in [0.5, 0.6) is 5.75 Å². The summed E-state index contributed by atoms with van der Waals surface area (Å²) >= 11 is 5.96. The largest absolute Gasteiger partial charge is 0.488 e. The van der Waals surface area contributed by atoms with Crippen LogP contribution in [0.3, 0.4) is 0 Å². The van der Waals surface area contributed by atoms with Gasteiger partial charge in [-0.1, -0.05) is 93.1 Å². The molecule has 3 nitrogen and oxygen atoms in total. The molecule has 0 bridgehead atoms. The van der Waals surface area contributed by atoms with Crippen LogP contribution in [0.2, 0.25) is 0 Å². The minimum Gasteiger partial charge on any atom is -0.488 e. The van der Waals surface area contributed by atoms with Gasteiger partial charge in [0, 0.05) is 34.1 Å². The number of ether oxygens (including phenoxy) is 1. The van der Waals surface area contributed by atoms with Crippen LogP contribution in [-0.4, -0.2) is 29.6 Å². The van der Waals surface area contributed by atoms with Crippen molar-refractivity contribution in [3.05, 3.63) is 105 Å². The van der Waals surface area contributed by atoms with Gasteiger partial charge >= 0.3 is 0 Å². The predicted molar refractivity (Wildman–Crippen MR) is 150 cm³/mol. The highest BCUT2D eigenvalue weighted by Gasteiger charge is 2.33. The molecule has 1 fully saturated rings. The molecule has 176 valence electrons. The van der Waals surface area contributed by atoms with Crippen LogP contribution in [0.25, 0.3) is 5.57 Å². The summed E-state index contributed by atoms with van der Waals surface area (Å²) in [4.78, 5) is 2.48. The van der Waals surface area contributed by atoms with Gasteiger partial charge in [-0.15, -0.1) is 0 Å². The molecule has 1 saturated heterocycles. The zero-order valence-corrected chi connectivity index (χ0v) is 22.9. The van der Waals surface area contributed by atoms with Gasteiger partial charge in [0.2, 0.25) is 0 Å². The Labute approximate surface area is 224 Å². The van der Waals surface area contributed by atoms with Crippen LogP contribution in [0.1, 0.15) is 47.1 Å². The second kappa shape index (κ2) is 10.5. The van der Waals surface area contributed by atoms with Gasteiger partial charge in [-0.2, -0.15) is 0 Å². The van der Waals surface area contributed by atoms with E-state index in [9.17, 15) is 5.11 Å². The van der Waals surface area contributed by atoms with Gasteiger partial charge in [0.1, 0.15) is 12.4 Å². The van der Waals surface area contributed by atoms with Crippen molar-refractivity contribution < 1.29 is 9.84 Å². The van der Waals surface area contributed by atoms with E-state index < -0.39 is 5.60 Å². The molecule has 3 aromatic rings. The summed E-state index contributed by atoms with van der Waals surface area (Å²) in [6.45, 7) is 3.40. The average Bonchev–Trinajstić information content (AvgIpc) is 3.02. The van der Waals surface area contributed by atoms with Crippen molar-refractivity contribution in [1.82, 2.24) is 4.90 Å². The van der Waals surface area contributed by atoms with Crippen molar-refractivity contribution in [2.45, 2.75) is 35.9 Å². The quantitative estimate of drug-likeness (QED) is 0.242. The van der Waals surface area contributed by atoms with Crippen molar-refractivity contribution >= 4 is 44.1 Å². The van der Waals surface area contributed by atoms with E-state index in [1.807, 2.05) is 0 Å². The van der Waals surface area contributed by atoms with Gasteiger partial charge in [-0.05, 0) is 65.3 Å². The number of alkyl halides is 1. The number of likely N-dealkylation sites (tertiary alicyclic amines) is 1. The van der Waals surface area contributed by atoms with E-state index in [1.165, 1.54) is 22.3 Å². The highest BCUT2D eigenvalue weighted by molar-refractivity contribution is 14.1. The second-order valence-electron chi connectivity index (χ2n) is 9.20. The van der Waals surface area contributed by atoms with Crippen LogP contribution in [0.15, 0.2) is 77.3 Å². The average molecular weight is 630 g/mol. The molecule has 0 saturated carbocycles. The molecule has 0 spiro atoms. The maximum absolute atomic E-state index is 11.3. The lowest BCUT2D eigenvalue weighted by Gasteiger charge is -2.38. The van der Waals surface area contributed by atoms with Gasteiger partial charge in [0.25, 0.3) is 0 Å². The Morgan fingerprint density at radius 1 is 1.00 bits per heavy atom. The molecule has 0 aliphatic carbocycles. The first-order chi connectivity index (χ1) is 16.6. The molecule has 3 aromatic carbocycles. The van der Waals surface area contributed by atoms with Crippen LogP contribution in [0.4, 0.5) is 0 Å². The SMILES string of the molecule is OC1(c2ccc(CI)cc2)CCN(CCC=C2c3ccccc3COc3cc(Br)ccc32)CC1. The Hall–Kier alpha value is -1.67. The molecule has 0 radical (unpaired) electrons. The molecular weight excluding hydrogens is 601 g/mol. The lowest BCUT2D eigenvalue weighted by atomic mass is 9.84. The number of hydrogen-bond acceptors (Lipinski definition) is 3. The van der Waals surface area contributed by atoms with E-state index in [2.05, 4.69) is 116 Å². The summed E-state index contributed by atoms with van der Waals surface area (Å²) in [7, 11) is 0. The van der Waals surface area contributed by atoms with Crippen LogP contribution < -0.4 is 4.74 Å². The monoisotopic (exact) mass is 629 g/mol. The summed E-state index contributed by atoms with van der Waals surface area (Å²) < 4.78 is 8.18. The zero-order valence-electron chi connectivity index (χ0n) is 19.1. The fourth-order valence-corrected chi connectivity index (χ4v) is 5.85. The van der Waals surface area contributed by atoms with E-state index in [1.54, 1.807) is 0 Å². The first-order valence-corrected chi connectivity index (χ1v) is 14.2. The summed E-state index contributed by atoms with van der Waals surface area (Å²) in [5.74, 6) is 0.924. The smallest absolute Gasteiger partial charge is 0.128 e. The molecule has 2 aliphatic heterocycles. The molecule has 0 aromatic heterocycles. The van der Waals surface area contributed by atoms with Crippen LogP contribution in [0, 0.1) is 0 Å². The van der Waals surface area contributed by atoms with E-state index >= 15 is 0 Å². The summed E-state index contributed by atoms with van der Waals surface area (Å²) in [5, 5.41) is 11.3. The lowest BCUT2D eigenvalue weighted by molar-refractivity contribution is -0.0254. The molecule has 2 aliphatic rings. The fraction of sp³-hybridized carbons (Fsp3) is 0.310. The maximum Gasteiger partial charge on any atom is 0.128 e. The molecule has 0 unspecified atom stereocenters. The predicted octanol–water partition coefficient (Wildman–Crippen LogP) is 7.08. The number of aliphatic hydroxyl groups is 1. The van der Waals surface area contributed by atoms with Crippen molar-refractivity contribution in [2.24, 2.45) is 0 Å². The third kappa shape index (κ3) is 5.13. The summed E-state index contributed by atoms with van der Waals surface area (Å²) in [5.41, 5.74) is 6.53. The molecule has 34 heavy (non-hydrogen) atoms. The topological polar surface area (TPSA) is 32.7 Å². The van der Waals surface area contributed by atoms with Crippen molar-refractivity contribution in [1.29, 1.82) is 0 Å². The number of fused-ring (bicyclic) bond motifs is 2. The maximum atomic E-state index is 11.3. The highest BCUT2D eigenvalue weighted by Crippen LogP contribution is 2.38. The Kier molecular flexibility index (Phi) is 7.44. The number of nitrogens with zero attached hydrogens (tertiary/aromatic N) is 1. The lowest BCUT2D eigenvalue weighted by Crippen LogP contribution is -2.42. The minimum absolute atomic E-state index is 0.584. The first kappa shape index (κ1) is 24.0. The van der Waals surface area contributed by atoms with Crippen molar-refractivity contribution in [3.8, 4) is 5.75 Å². The Balaban J connectivity index is 1.28. The number of rotatable bonds is 5. The van der Waals surface area contributed by atoms with Crippen molar-refractivity contribution in [3.63, 3.8) is 0 Å². The molecule has 0 atom stereocenters. The second-order valence-corrected chi connectivity index (χ2v) is 10.9. The van der Waals surface area contributed by atoms with Gasteiger partial charge < -0.3 is 14.7 Å². The van der Waals surface area contributed by atoms with E-state index in [0.717, 1.165) is 64.7 Å². The van der Waals surface area contributed by atoms with E-state index in [-0.39, 0.29) is 0 Å². The van der Waals surface area contributed by atoms with E-state index in [0.29, 0.717) is 6.61 Å². The summed E-state index contributed by atoms with van der Waals surface area (Å²) in [6, 6.07) is 23.3. The fourth-order valence-electron chi connectivity index (χ4n) is 5.00. The molecule has 1 N–H and O–H groups in total. The first-order valence-electron chi connectivity index (χ1n) is 11.9. The third-order valence-corrected chi connectivity index (χ3v) is 8.42. The van der Waals surface area contributed by atoms with Gasteiger partial charge in [-0.3, -0.25) is 0 Å². The van der Waals surface area contributed by atoms with Crippen LogP contribution in [-0.2, 0) is 16.6 Å². The number of piperidine rings is 1.